The lowest BCUT2D eigenvalue weighted by Gasteiger charge is -2.09. The van der Waals surface area contributed by atoms with E-state index in [1.54, 1.807) is 12.1 Å². The first-order valence-electron chi connectivity index (χ1n) is 5.59. The Balaban J connectivity index is 2.40. The largest absolute Gasteiger partial charge is 0.384 e. The molecule has 0 aliphatic heterocycles. The SMILES string of the molecule is CC(C)CS(=O)(=O)CCNc1ccc(Cl)cc1. The van der Waals surface area contributed by atoms with Crippen molar-refractivity contribution in [1.29, 1.82) is 0 Å². The zero-order valence-corrected chi connectivity index (χ0v) is 11.7. The minimum absolute atomic E-state index is 0.161. The van der Waals surface area contributed by atoms with Gasteiger partial charge in [0.2, 0.25) is 0 Å². The predicted molar refractivity (Wildman–Crippen MR) is 73.4 cm³/mol. The fourth-order valence-electron chi connectivity index (χ4n) is 1.51. The van der Waals surface area contributed by atoms with Gasteiger partial charge in [0.25, 0.3) is 0 Å². The van der Waals surface area contributed by atoms with E-state index in [4.69, 9.17) is 11.6 Å². The molecule has 3 nitrogen and oxygen atoms in total. The first-order chi connectivity index (χ1) is 7.89. The first kappa shape index (κ1) is 14.3. The van der Waals surface area contributed by atoms with Gasteiger partial charge in [-0.3, -0.25) is 0 Å². The van der Waals surface area contributed by atoms with Crippen LogP contribution in [0.15, 0.2) is 24.3 Å². The third-order valence-corrected chi connectivity index (χ3v) is 4.43. The molecule has 0 aromatic heterocycles. The van der Waals surface area contributed by atoms with Gasteiger partial charge in [-0.15, -0.1) is 0 Å². The second kappa shape index (κ2) is 6.26. The Kier molecular flexibility index (Phi) is 5.28. The molecule has 0 spiro atoms. The molecule has 0 amide bonds. The number of halogens is 1. The normalized spacial score (nSPS) is 11.8. The molecule has 0 saturated carbocycles. The third kappa shape index (κ3) is 5.94. The Morgan fingerprint density at radius 2 is 1.82 bits per heavy atom. The van der Waals surface area contributed by atoms with E-state index >= 15 is 0 Å². The van der Waals surface area contributed by atoms with Crippen molar-refractivity contribution in [3.63, 3.8) is 0 Å². The van der Waals surface area contributed by atoms with Crippen molar-refractivity contribution >= 4 is 27.1 Å². The van der Waals surface area contributed by atoms with Gasteiger partial charge in [0.15, 0.2) is 9.84 Å². The van der Waals surface area contributed by atoms with Crippen LogP contribution in [-0.2, 0) is 9.84 Å². The highest BCUT2D eigenvalue weighted by Gasteiger charge is 2.12. The smallest absolute Gasteiger partial charge is 0.152 e. The fourth-order valence-corrected chi connectivity index (χ4v) is 3.23. The van der Waals surface area contributed by atoms with Crippen LogP contribution in [0.1, 0.15) is 13.8 Å². The van der Waals surface area contributed by atoms with Crippen molar-refractivity contribution in [3.05, 3.63) is 29.3 Å². The van der Waals surface area contributed by atoms with Crippen LogP contribution >= 0.6 is 11.6 Å². The molecular formula is C12H18ClNO2S. The summed E-state index contributed by atoms with van der Waals surface area (Å²) < 4.78 is 23.2. The summed E-state index contributed by atoms with van der Waals surface area (Å²) in [6.45, 7) is 4.24. The average molecular weight is 276 g/mol. The molecule has 17 heavy (non-hydrogen) atoms. The van der Waals surface area contributed by atoms with Gasteiger partial charge in [-0.2, -0.15) is 0 Å². The van der Waals surface area contributed by atoms with Crippen LogP contribution in [0.5, 0.6) is 0 Å². The maximum absolute atomic E-state index is 11.6. The van der Waals surface area contributed by atoms with E-state index in [1.807, 2.05) is 26.0 Å². The van der Waals surface area contributed by atoms with Crippen molar-refractivity contribution in [2.24, 2.45) is 5.92 Å². The number of benzene rings is 1. The van der Waals surface area contributed by atoms with Gasteiger partial charge in [0.05, 0.1) is 11.5 Å². The Morgan fingerprint density at radius 3 is 2.35 bits per heavy atom. The van der Waals surface area contributed by atoms with E-state index in [2.05, 4.69) is 5.32 Å². The summed E-state index contributed by atoms with van der Waals surface area (Å²) >= 11 is 5.75. The number of hydrogen-bond donors (Lipinski definition) is 1. The van der Waals surface area contributed by atoms with Crippen LogP contribution < -0.4 is 5.32 Å². The maximum atomic E-state index is 11.6. The van der Waals surface area contributed by atoms with E-state index in [-0.39, 0.29) is 17.4 Å². The lowest BCUT2D eigenvalue weighted by molar-refractivity contribution is 0.583. The molecule has 1 N–H and O–H groups in total. The number of rotatable bonds is 6. The molecule has 96 valence electrons. The molecule has 0 saturated heterocycles. The van der Waals surface area contributed by atoms with E-state index in [9.17, 15) is 8.42 Å². The van der Waals surface area contributed by atoms with Crippen molar-refractivity contribution in [1.82, 2.24) is 0 Å². The molecule has 1 aromatic carbocycles. The van der Waals surface area contributed by atoms with Crippen LogP contribution in [0.25, 0.3) is 0 Å². The second-order valence-corrected chi connectivity index (χ2v) is 7.11. The van der Waals surface area contributed by atoms with Crippen molar-refractivity contribution in [2.45, 2.75) is 13.8 Å². The summed E-state index contributed by atoms with van der Waals surface area (Å²) in [5.41, 5.74) is 0.883. The number of hydrogen-bond acceptors (Lipinski definition) is 3. The van der Waals surface area contributed by atoms with Gasteiger partial charge in [-0.05, 0) is 30.2 Å². The minimum atomic E-state index is -2.95. The van der Waals surface area contributed by atoms with Gasteiger partial charge in [-0.1, -0.05) is 25.4 Å². The van der Waals surface area contributed by atoms with Crippen LogP contribution in [0.3, 0.4) is 0 Å². The maximum Gasteiger partial charge on any atom is 0.152 e. The predicted octanol–water partition coefficient (Wildman–Crippen LogP) is 2.82. The number of sulfone groups is 1. The topological polar surface area (TPSA) is 46.2 Å². The van der Waals surface area contributed by atoms with E-state index in [0.717, 1.165) is 5.69 Å². The highest BCUT2D eigenvalue weighted by molar-refractivity contribution is 7.91. The van der Waals surface area contributed by atoms with E-state index in [1.165, 1.54) is 0 Å². The molecule has 0 aliphatic carbocycles. The third-order valence-electron chi connectivity index (χ3n) is 2.17. The summed E-state index contributed by atoms with van der Waals surface area (Å²) in [5.74, 6) is 0.582. The Labute approximate surface area is 108 Å². The van der Waals surface area contributed by atoms with Crippen LogP contribution in [0, 0.1) is 5.92 Å². The number of anilines is 1. The minimum Gasteiger partial charge on any atom is -0.384 e. The zero-order valence-electron chi connectivity index (χ0n) is 10.1. The molecule has 0 atom stereocenters. The molecule has 0 fully saturated rings. The van der Waals surface area contributed by atoms with Gasteiger partial charge in [0.1, 0.15) is 0 Å². The van der Waals surface area contributed by atoms with Crippen molar-refractivity contribution in [3.8, 4) is 0 Å². The monoisotopic (exact) mass is 275 g/mol. The molecule has 1 aromatic rings. The van der Waals surface area contributed by atoms with Gasteiger partial charge >= 0.3 is 0 Å². The lowest BCUT2D eigenvalue weighted by atomic mass is 10.3. The molecule has 0 aliphatic rings. The van der Waals surface area contributed by atoms with Gasteiger partial charge in [0, 0.05) is 17.3 Å². The average Bonchev–Trinajstić information content (AvgIpc) is 2.18. The summed E-state index contributed by atoms with van der Waals surface area (Å²) in [4.78, 5) is 0. The highest BCUT2D eigenvalue weighted by atomic mass is 35.5. The zero-order chi connectivity index (χ0) is 12.9. The molecule has 0 radical (unpaired) electrons. The molecule has 0 heterocycles. The number of nitrogens with one attached hydrogen (secondary N) is 1. The summed E-state index contributed by atoms with van der Waals surface area (Å²) in [5, 5.41) is 3.73. The van der Waals surface area contributed by atoms with E-state index in [0.29, 0.717) is 11.6 Å². The lowest BCUT2D eigenvalue weighted by Crippen LogP contribution is -2.20. The first-order valence-corrected chi connectivity index (χ1v) is 7.79. The summed E-state index contributed by atoms with van der Waals surface area (Å²) in [6, 6.07) is 7.20. The molecule has 5 heteroatoms. The quantitative estimate of drug-likeness (QED) is 0.868. The molecular weight excluding hydrogens is 258 g/mol. The molecule has 0 bridgehead atoms. The Hall–Kier alpha value is -0.740. The van der Waals surface area contributed by atoms with Crippen LogP contribution in [0.4, 0.5) is 5.69 Å². The fraction of sp³-hybridized carbons (Fsp3) is 0.500. The molecule has 1 rings (SSSR count). The summed E-state index contributed by atoms with van der Waals surface area (Å²) in [6.07, 6.45) is 0. The second-order valence-electron chi connectivity index (χ2n) is 4.44. The van der Waals surface area contributed by atoms with Crippen LogP contribution in [-0.4, -0.2) is 26.5 Å². The van der Waals surface area contributed by atoms with Gasteiger partial charge in [-0.25, -0.2) is 8.42 Å². The van der Waals surface area contributed by atoms with Crippen LogP contribution in [0.2, 0.25) is 5.02 Å². The highest BCUT2D eigenvalue weighted by Crippen LogP contribution is 2.13. The van der Waals surface area contributed by atoms with Gasteiger partial charge < -0.3 is 5.32 Å². The Bertz CT molecular complexity index is 440. The van der Waals surface area contributed by atoms with Crippen molar-refractivity contribution < 1.29 is 8.42 Å². The Morgan fingerprint density at radius 1 is 1.24 bits per heavy atom. The standard InChI is InChI=1S/C12H18ClNO2S/c1-10(2)9-17(15,16)8-7-14-12-5-3-11(13)4-6-12/h3-6,10,14H,7-9H2,1-2H3. The molecule has 0 unspecified atom stereocenters. The summed E-state index contributed by atoms with van der Waals surface area (Å²) in [7, 11) is -2.95. The van der Waals surface area contributed by atoms with E-state index < -0.39 is 9.84 Å². The van der Waals surface area contributed by atoms with Crippen molar-refractivity contribution in [2.75, 3.05) is 23.4 Å².